The molecule has 3 aromatic rings. The van der Waals surface area contributed by atoms with E-state index in [0.717, 1.165) is 35.1 Å². The van der Waals surface area contributed by atoms with Crippen molar-refractivity contribution in [1.82, 2.24) is 0 Å². The Kier molecular flexibility index (Phi) is 5.85. The van der Waals surface area contributed by atoms with Gasteiger partial charge in [0.05, 0.1) is 5.56 Å². The van der Waals surface area contributed by atoms with Crippen LogP contribution in [-0.4, -0.2) is 11.1 Å². The Balaban J connectivity index is 2.13. The van der Waals surface area contributed by atoms with Crippen LogP contribution in [0.2, 0.25) is 0 Å². The third-order valence-corrected chi connectivity index (χ3v) is 4.72. The van der Waals surface area contributed by atoms with Gasteiger partial charge in [-0.25, -0.2) is 4.79 Å². The molecule has 0 spiro atoms. The maximum atomic E-state index is 12.2. The molecule has 0 aliphatic carbocycles. The van der Waals surface area contributed by atoms with Gasteiger partial charge < -0.3 is 5.11 Å². The highest BCUT2D eigenvalue weighted by atomic mass is 16.4. The lowest BCUT2D eigenvalue weighted by atomic mass is 9.88. The second kappa shape index (κ2) is 8.48. The van der Waals surface area contributed by atoms with Crippen LogP contribution in [0.25, 0.3) is 22.3 Å². The average Bonchev–Trinajstić information content (AvgIpc) is 2.68. The molecule has 0 aliphatic rings. The van der Waals surface area contributed by atoms with Crippen LogP contribution >= 0.6 is 0 Å². The zero-order chi connectivity index (χ0) is 18.4. The number of carboxylic acid groups (broad SMARTS) is 1. The summed E-state index contributed by atoms with van der Waals surface area (Å²) in [6.45, 7) is 2.19. The molecule has 0 saturated carbocycles. The van der Waals surface area contributed by atoms with Crippen molar-refractivity contribution in [3.05, 3.63) is 83.9 Å². The van der Waals surface area contributed by atoms with E-state index in [1.807, 2.05) is 66.7 Å². The van der Waals surface area contributed by atoms with Gasteiger partial charge in [-0.1, -0.05) is 92.6 Å². The number of aromatic carboxylic acids is 1. The Morgan fingerprint density at radius 3 is 2.15 bits per heavy atom. The molecule has 0 atom stereocenters. The van der Waals surface area contributed by atoms with Crippen LogP contribution in [0.3, 0.4) is 0 Å². The first-order chi connectivity index (χ1) is 12.7. The maximum Gasteiger partial charge on any atom is 0.336 e. The topological polar surface area (TPSA) is 37.3 Å². The third-order valence-electron chi connectivity index (χ3n) is 4.72. The van der Waals surface area contributed by atoms with Gasteiger partial charge in [0.25, 0.3) is 0 Å². The summed E-state index contributed by atoms with van der Waals surface area (Å²) in [5.41, 5.74) is 5.11. The first-order valence-electron chi connectivity index (χ1n) is 9.22. The molecule has 0 unspecified atom stereocenters. The Bertz CT molecular complexity index is 882. The number of hydrogen-bond donors (Lipinski definition) is 1. The lowest BCUT2D eigenvalue weighted by Gasteiger charge is -2.15. The molecule has 3 rings (SSSR count). The Morgan fingerprint density at radius 2 is 1.42 bits per heavy atom. The van der Waals surface area contributed by atoms with E-state index < -0.39 is 5.97 Å². The standard InChI is InChI=1S/C24H24O2/c1-2-3-5-11-18-14-8-9-15-20(18)22-17-10-16-21(23(22)24(25)26)19-12-6-4-7-13-19/h4,6-10,12-17H,2-3,5,11H2,1H3,(H,25,26). The molecule has 2 nitrogen and oxygen atoms in total. The fourth-order valence-electron chi connectivity index (χ4n) is 3.43. The molecule has 0 bridgehead atoms. The number of aryl methyl sites for hydroxylation is 1. The summed E-state index contributed by atoms with van der Waals surface area (Å²) in [4.78, 5) is 12.2. The molecule has 0 radical (unpaired) electrons. The number of benzene rings is 3. The summed E-state index contributed by atoms with van der Waals surface area (Å²) in [7, 11) is 0. The van der Waals surface area contributed by atoms with Gasteiger partial charge in [-0.2, -0.15) is 0 Å². The summed E-state index contributed by atoms with van der Waals surface area (Å²) in [5, 5.41) is 9.97. The van der Waals surface area contributed by atoms with E-state index in [2.05, 4.69) is 13.0 Å². The summed E-state index contributed by atoms with van der Waals surface area (Å²) in [6.07, 6.45) is 4.45. The minimum atomic E-state index is -0.886. The van der Waals surface area contributed by atoms with Crippen molar-refractivity contribution < 1.29 is 9.90 Å². The number of rotatable bonds is 7. The van der Waals surface area contributed by atoms with Crippen molar-refractivity contribution >= 4 is 5.97 Å². The quantitative estimate of drug-likeness (QED) is 0.500. The SMILES string of the molecule is CCCCCc1ccccc1-c1cccc(-c2ccccc2)c1C(=O)O. The summed E-state index contributed by atoms with van der Waals surface area (Å²) < 4.78 is 0. The predicted molar refractivity (Wildman–Crippen MR) is 108 cm³/mol. The van der Waals surface area contributed by atoms with Gasteiger partial charge in [-0.3, -0.25) is 0 Å². The van der Waals surface area contributed by atoms with Gasteiger partial charge in [0.1, 0.15) is 0 Å². The maximum absolute atomic E-state index is 12.2. The molecule has 0 amide bonds. The smallest absolute Gasteiger partial charge is 0.336 e. The van der Waals surface area contributed by atoms with Crippen LogP contribution in [0.4, 0.5) is 0 Å². The van der Waals surface area contributed by atoms with Gasteiger partial charge in [0, 0.05) is 0 Å². The van der Waals surface area contributed by atoms with Crippen LogP contribution in [0.5, 0.6) is 0 Å². The summed E-state index contributed by atoms with van der Waals surface area (Å²) >= 11 is 0. The average molecular weight is 344 g/mol. The molecule has 0 fully saturated rings. The van der Waals surface area contributed by atoms with Crippen molar-refractivity contribution in [2.45, 2.75) is 32.6 Å². The predicted octanol–water partition coefficient (Wildman–Crippen LogP) is 6.45. The molecule has 0 heterocycles. The second-order valence-electron chi connectivity index (χ2n) is 6.51. The van der Waals surface area contributed by atoms with Crippen molar-refractivity contribution in [2.24, 2.45) is 0 Å². The Morgan fingerprint density at radius 1 is 0.769 bits per heavy atom. The van der Waals surface area contributed by atoms with Crippen LogP contribution in [-0.2, 0) is 6.42 Å². The first-order valence-corrected chi connectivity index (χ1v) is 9.22. The van der Waals surface area contributed by atoms with E-state index in [4.69, 9.17) is 0 Å². The molecule has 0 aliphatic heterocycles. The lowest BCUT2D eigenvalue weighted by molar-refractivity contribution is 0.0698. The fraction of sp³-hybridized carbons (Fsp3) is 0.208. The molecule has 0 saturated heterocycles. The van der Waals surface area contributed by atoms with Gasteiger partial charge in [-0.15, -0.1) is 0 Å². The van der Waals surface area contributed by atoms with E-state index in [0.29, 0.717) is 5.56 Å². The number of hydrogen-bond acceptors (Lipinski definition) is 1. The number of unbranched alkanes of at least 4 members (excludes halogenated alkanes) is 2. The van der Waals surface area contributed by atoms with Gasteiger partial charge in [-0.05, 0) is 40.7 Å². The largest absolute Gasteiger partial charge is 0.478 e. The van der Waals surface area contributed by atoms with Crippen molar-refractivity contribution in [2.75, 3.05) is 0 Å². The van der Waals surface area contributed by atoms with Crippen LogP contribution < -0.4 is 0 Å². The van der Waals surface area contributed by atoms with Crippen LogP contribution in [0.15, 0.2) is 72.8 Å². The highest BCUT2D eigenvalue weighted by molar-refractivity contribution is 6.03. The summed E-state index contributed by atoms with van der Waals surface area (Å²) in [5.74, 6) is -0.886. The molecule has 3 aromatic carbocycles. The van der Waals surface area contributed by atoms with Crippen molar-refractivity contribution in [3.8, 4) is 22.3 Å². The first kappa shape index (κ1) is 17.9. The van der Waals surface area contributed by atoms with Crippen molar-refractivity contribution in [3.63, 3.8) is 0 Å². The Labute approximate surface area is 155 Å². The minimum absolute atomic E-state index is 0.377. The molecular formula is C24H24O2. The van der Waals surface area contributed by atoms with E-state index in [-0.39, 0.29) is 0 Å². The van der Waals surface area contributed by atoms with Crippen LogP contribution in [0.1, 0.15) is 42.1 Å². The van der Waals surface area contributed by atoms with E-state index in [9.17, 15) is 9.90 Å². The number of carbonyl (C=O) groups is 1. The molecular weight excluding hydrogens is 320 g/mol. The van der Waals surface area contributed by atoms with Crippen molar-refractivity contribution in [1.29, 1.82) is 0 Å². The van der Waals surface area contributed by atoms with E-state index >= 15 is 0 Å². The minimum Gasteiger partial charge on any atom is -0.478 e. The molecule has 2 heteroatoms. The van der Waals surface area contributed by atoms with Gasteiger partial charge >= 0.3 is 5.97 Å². The number of carboxylic acids is 1. The zero-order valence-corrected chi connectivity index (χ0v) is 15.1. The summed E-state index contributed by atoms with van der Waals surface area (Å²) in [6, 6.07) is 23.7. The molecule has 132 valence electrons. The second-order valence-corrected chi connectivity index (χ2v) is 6.51. The third kappa shape index (κ3) is 3.85. The normalized spacial score (nSPS) is 10.7. The van der Waals surface area contributed by atoms with Gasteiger partial charge in [0.2, 0.25) is 0 Å². The monoisotopic (exact) mass is 344 g/mol. The molecule has 0 aromatic heterocycles. The van der Waals surface area contributed by atoms with Gasteiger partial charge in [0.15, 0.2) is 0 Å². The molecule has 1 N–H and O–H groups in total. The van der Waals surface area contributed by atoms with E-state index in [1.54, 1.807) is 0 Å². The zero-order valence-electron chi connectivity index (χ0n) is 15.1. The fourth-order valence-corrected chi connectivity index (χ4v) is 3.43. The van der Waals surface area contributed by atoms with Crippen LogP contribution in [0, 0.1) is 0 Å². The Hall–Kier alpha value is -2.87. The highest BCUT2D eigenvalue weighted by Gasteiger charge is 2.19. The van der Waals surface area contributed by atoms with E-state index in [1.165, 1.54) is 18.4 Å². The molecule has 26 heavy (non-hydrogen) atoms. The lowest BCUT2D eigenvalue weighted by Crippen LogP contribution is -2.04. The highest BCUT2D eigenvalue weighted by Crippen LogP contribution is 2.34.